The highest BCUT2D eigenvalue weighted by molar-refractivity contribution is 5.99. The molecule has 4 heterocycles. The molecule has 38 heavy (non-hydrogen) atoms. The van der Waals surface area contributed by atoms with Crippen molar-refractivity contribution in [2.75, 3.05) is 19.7 Å². The average Bonchev–Trinajstić information content (AvgIpc) is 3.26. The summed E-state index contributed by atoms with van der Waals surface area (Å²) >= 11 is 0. The van der Waals surface area contributed by atoms with Crippen LogP contribution in [0.3, 0.4) is 0 Å². The van der Waals surface area contributed by atoms with E-state index in [1.807, 2.05) is 19.9 Å². The van der Waals surface area contributed by atoms with Crippen LogP contribution in [0.2, 0.25) is 0 Å². The molecule has 10 heteroatoms. The van der Waals surface area contributed by atoms with Gasteiger partial charge < -0.3 is 29.7 Å². The van der Waals surface area contributed by atoms with Crippen molar-refractivity contribution in [3.05, 3.63) is 24.3 Å². The van der Waals surface area contributed by atoms with Gasteiger partial charge in [0.05, 0.1) is 31.2 Å². The van der Waals surface area contributed by atoms with Crippen LogP contribution in [0.5, 0.6) is 0 Å². The number of hydrogen-bond acceptors (Lipinski definition) is 7. The zero-order valence-electron chi connectivity index (χ0n) is 22.8. The number of aliphatic hydroxyl groups is 1. The van der Waals surface area contributed by atoms with E-state index in [0.29, 0.717) is 19.4 Å². The quantitative estimate of drug-likeness (QED) is 0.391. The van der Waals surface area contributed by atoms with Gasteiger partial charge in [-0.1, -0.05) is 44.6 Å². The predicted octanol–water partition coefficient (Wildman–Crippen LogP) is 1.32. The maximum absolute atomic E-state index is 14.2. The normalized spacial score (nSPS) is 36.2. The Morgan fingerprint density at radius 2 is 1.95 bits per heavy atom. The first-order valence-corrected chi connectivity index (χ1v) is 13.9. The van der Waals surface area contributed by atoms with Crippen LogP contribution < -0.4 is 5.32 Å². The van der Waals surface area contributed by atoms with Crippen LogP contribution in [-0.2, 0) is 28.7 Å². The van der Waals surface area contributed by atoms with E-state index in [2.05, 4.69) is 12.2 Å². The van der Waals surface area contributed by atoms with Gasteiger partial charge in [-0.3, -0.25) is 19.2 Å². The molecule has 0 bridgehead atoms. The predicted molar refractivity (Wildman–Crippen MR) is 139 cm³/mol. The van der Waals surface area contributed by atoms with Crippen LogP contribution in [0, 0.1) is 11.8 Å². The minimum atomic E-state index is -1.38. The Bertz CT molecular complexity index is 993. The number of fused-ring (bicyclic) bond motifs is 2. The maximum Gasteiger partial charge on any atom is 0.313 e. The van der Waals surface area contributed by atoms with Crippen molar-refractivity contribution < 1.29 is 33.8 Å². The smallest absolute Gasteiger partial charge is 0.313 e. The Kier molecular flexibility index (Phi) is 8.62. The van der Waals surface area contributed by atoms with Crippen molar-refractivity contribution in [2.45, 2.75) is 95.7 Å². The first-order chi connectivity index (χ1) is 18.2. The number of amides is 3. The molecule has 1 unspecified atom stereocenters. The highest BCUT2D eigenvalue weighted by Crippen LogP contribution is 2.53. The SMILES string of the molecule is CCCC(C)N1CC=C[C@@]23O[C@H]4/C=C\CCC(=O)NC[C@H](C)OC(=O)[C@H]4[C@@H]2C(=O)N([C@@H](CC)CO)[C@H]3C1=O. The number of rotatable bonds is 6. The van der Waals surface area contributed by atoms with Crippen LogP contribution >= 0.6 is 0 Å². The number of aliphatic hydroxyl groups excluding tert-OH is 1. The number of likely N-dealkylation sites (tertiary alicyclic amines) is 1. The number of cyclic esters (lactones) is 1. The fraction of sp³-hybridized carbons (Fsp3) is 0.714. The second-order valence-corrected chi connectivity index (χ2v) is 10.9. The molecule has 2 N–H and O–H groups in total. The lowest BCUT2D eigenvalue weighted by atomic mass is 9.78. The zero-order valence-corrected chi connectivity index (χ0v) is 22.8. The van der Waals surface area contributed by atoms with Crippen molar-refractivity contribution in [3.8, 4) is 0 Å². The van der Waals surface area contributed by atoms with E-state index >= 15 is 0 Å². The molecule has 10 nitrogen and oxygen atoms in total. The van der Waals surface area contributed by atoms with E-state index in [-0.39, 0.29) is 43.3 Å². The molecule has 0 aromatic carbocycles. The number of hydrogen-bond donors (Lipinski definition) is 2. The second-order valence-electron chi connectivity index (χ2n) is 10.9. The minimum absolute atomic E-state index is 0.0529. The largest absolute Gasteiger partial charge is 0.460 e. The molecule has 0 aromatic heterocycles. The zero-order chi connectivity index (χ0) is 27.6. The third kappa shape index (κ3) is 4.88. The van der Waals surface area contributed by atoms with Crippen LogP contribution in [0.1, 0.15) is 59.8 Å². The molecule has 1 spiro atoms. The number of allylic oxidation sites excluding steroid dienone is 1. The van der Waals surface area contributed by atoms with Gasteiger partial charge in [0.15, 0.2) is 0 Å². The van der Waals surface area contributed by atoms with E-state index in [9.17, 15) is 24.3 Å². The summed E-state index contributed by atoms with van der Waals surface area (Å²) in [4.78, 5) is 57.4. The molecule has 4 aliphatic heterocycles. The fourth-order valence-corrected chi connectivity index (χ4v) is 6.40. The third-order valence-electron chi connectivity index (χ3n) is 8.32. The van der Waals surface area contributed by atoms with E-state index in [1.54, 1.807) is 30.1 Å². The molecule has 0 aromatic rings. The lowest BCUT2D eigenvalue weighted by Gasteiger charge is -2.39. The Morgan fingerprint density at radius 3 is 2.63 bits per heavy atom. The van der Waals surface area contributed by atoms with Gasteiger partial charge in [0.25, 0.3) is 0 Å². The van der Waals surface area contributed by atoms with Gasteiger partial charge in [0, 0.05) is 19.0 Å². The summed E-state index contributed by atoms with van der Waals surface area (Å²) < 4.78 is 12.3. The summed E-state index contributed by atoms with van der Waals surface area (Å²) in [5.74, 6) is -3.33. The van der Waals surface area contributed by atoms with Gasteiger partial charge in [-0.25, -0.2) is 0 Å². The molecular formula is C28H41N3O7. The van der Waals surface area contributed by atoms with Crippen LogP contribution in [0.15, 0.2) is 24.3 Å². The minimum Gasteiger partial charge on any atom is -0.460 e. The number of carbonyl (C=O) groups excluding carboxylic acids is 4. The Labute approximate surface area is 224 Å². The van der Waals surface area contributed by atoms with Gasteiger partial charge in [-0.05, 0) is 33.1 Å². The van der Waals surface area contributed by atoms with Crippen molar-refractivity contribution in [1.29, 1.82) is 0 Å². The van der Waals surface area contributed by atoms with Crippen LogP contribution in [0.25, 0.3) is 0 Å². The summed E-state index contributed by atoms with van der Waals surface area (Å²) in [6.45, 7) is 7.82. The van der Waals surface area contributed by atoms with Crippen LogP contribution in [-0.4, -0.2) is 94.2 Å². The highest BCUT2D eigenvalue weighted by Gasteiger charge is 2.72. The Hall–Kier alpha value is -2.72. The second kappa shape index (κ2) is 11.6. The molecule has 0 saturated carbocycles. The topological polar surface area (TPSA) is 125 Å². The number of nitrogens with zero attached hydrogens (tertiary/aromatic N) is 2. The van der Waals surface area contributed by atoms with Crippen molar-refractivity contribution in [3.63, 3.8) is 0 Å². The van der Waals surface area contributed by atoms with Crippen molar-refractivity contribution in [1.82, 2.24) is 15.1 Å². The first kappa shape index (κ1) is 28.3. The summed E-state index contributed by atoms with van der Waals surface area (Å²) in [6, 6.07) is -1.66. The molecule has 0 radical (unpaired) electrons. The molecule has 4 aliphatic rings. The van der Waals surface area contributed by atoms with Crippen LogP contribution in [0.4, 0.5) is 0 Å². The van der Waals surface area contributed by atoms with Gasteiger partial charge in [0.1, 0.15) is 23.7 Å². The molecule has 3 amide bonds. The summed E-state index contributed by atoms with van der Waals surface area (Å²) in [5.41, 5.74) is -1.38. The monoisotopic (exact) mass is 531 g/mol. The standard InChI is InChI=1S/C28H41N3O7/c1-5-10-17(3)30-14-9-13-28-23(25(34)31(19(6-2)16-32)24(28)26(30)35)22-20(38-28)11-7-8-12-21(33)29-15-18(4)37-27(22)36/h7,9,11,13,17-20,22-24,32H,5-6,8,10,12,14-16H2,1-4H3,(H,29,33)/b11-7-/t17?,18-,19-,20-,22+,23+,24-,28+/m0/s1. The van der Waals surface area contributed by atoms with Gasteiger partial charge >= 0.3 is 5.97 Å². The summed E-state index contributed by atoms with van der Waals surface area (Å²) in [6.07, 6.45) is 8.62. The molecule has 8 atom stereocenters. The molecule has 4 rings (SSSR count). The molecule has 2 saturated heterocycles. The highest BCUT2D eigenvalue weighted by atomic mass is 16.6. The summed E-state index contributed by atoms with van der Waals surface area (Å²) in [7, 11) is 0. The molecular weight excluding hydrogens is 490 g/mol. The lowest BCUT2D eigenvalue weighted by Crippen LogP contribution is -2.59. The number of nitrogens with one attached hydrogen (secondary N) is 1. The van der Waals surface area contributed by atoms with E-state index in [1.165, 1.54) is 4.90 Å². The lowest BCUT2D eigenvalue weighted by molar-refractivity contribution is -0.160. The third-order valence-corrected chi connectivity index (χ3v) is 8.32. The number of ether oxygens (including phenoxy) is 2. The molecule has 0 aliphatic carbocycles. The number of esters is 1. The van der Waals surface area contributed by atoms with Crippen molar-refractivity contribution >= 4 is 23.7 Å². The Morgan fingerprint density at radius 1 is 1.18 bits per heavy atom. The van der Waals surface area contributed by atoms with E-state index < -0.39 is 47.7 Å². The van der Waals surface area contributed by atoms with Gasteiger partial charge in [-0.15, -0.1) is 0 Å². The number of carbonyl (C=O) groups is 4. The van der Waals surface area contributed by atoms with E-state index in [4.69, 9.17) is 9.47 Å². The van der Waals surface area contributed by atoms with E-state index in [0.717, 1.165) is 12.8 Å². The first-order valence-electron chi connectivity index (χ1n) is 13.9. The van der Waals surface area contributed by atoms with Crippen molar-refractivity contribution in [2.24, 2.45) is 11.8 Å². The fourth-order valence-electron chi connectivity index (χ4n) is 6.40. The average molecular weight is 532 g/mol. The maximum atomic E-state index is 14.2. The Balaban J connectivity index is 1.82. The summed E-state index contributed by atoms with van der Waals surface area (Å²) in [5, 5.41) is 13.0. The van der Waals surface area contributed by atoms with Gasteiger partial charge in [0.2, 0.25) is 17.7 Å². The molecule has 2 fully saturated rings. The molecule has 210 valence electrons. The van der Waals surface area contributed by atoms with Gasteiger partial charge in [-0.2, -0.15) is 0 Å².